The topological polar surface area (TPSA) is 130 Å². The van der Waals surface area contributed by atoms with Crippen molar-refractivity contribution in [2.75, 3.05) is 11.9 Å². The van der Waals surface area contributed by atoms with Crippen LogP contribution in [0, 0.1) is 5.92 Å². The van der Waals surface area contributed by atoms with Crippen LogP contribution in [-0.2, 0) is 9.59 Å². The fraction of sp³-hybridized carbons (Fsp3) is 0.455. The van der Waals surface area contributed by atoms with Crippen molar-refractivity contribution in [2.45, 2.75) is 19.9 Å². The van der Waals surface area contributed by atoms with Crippen LogP contribution in [-0.4, -0.2) is 34.6 Å². The molecule has 19 heavy (non-hydrogen) atoms. The van der Waals surface area contributed by atoms with Gasteiger partial charge in [0.15, 0.2) is 5.82 Å². The Morgan fingerprint density at radius 3 is 2.63 bits per heavy atom. The molecular weight excluding hydrogens is 250 g/mol. The first kappa shape index (κ1) is 14.8. The molecule has 0 unspecified atom stereocenters. The Morgan fingerprint density at radius 1 is 1.42 bits per heavy atom. The molecule has 0 spiro atoms. The highest BCUT2D eigenvalue weighted by Crippen LogP contribution is 1.98. The highest BCUT2D eigenvalue weighted by molar-refractivity contribution is 5.94. The van der Waals surface area contributed by atoms with Gasteiger partial charge < -0.3 is 16.4 Å². The van der Waals surface area contributed by atoms with Crippen molar-refractivity contribution < 1.29 is 9.59 Å². The fourth-order valence-electron chi connectivity index (χ4n) is 1.19. The number of anilines is 1. The lowest BCUT2D eigenvalue weighted by Gasteiger charge is -2.14. The van der Waals surface area contributed by atoms with Crippen LogP contribution >= 0.6 is 0 Å². The number of nitrogens with one attached hydrogen (secondary N) is 3. The third-order valence-electron chi connectivity index (χ3n) is 2.39. The van der Waals surface area contributed by atoms with Gasteiger partial charge in [-0.25, -0.2) is 5.10 Å². The van der Waals surface area contributed by atoms with Gasteiger partial charge in [0.05, 0.1) is 12.6 Å². The molecule has 8 heteroatoms. The van der Waals surface area contributed by atoms with Crippen LogP contribution in [0.25, 0.3) is 0 Å². The van der Waals surface area contributed by atoms with Gasteiger partial charge in [-0.05, 0) is 12.0 Å². The summed E-state index contributed by atoms with van der Waals surface area (Å²) in [6.45, 7) is 3.42. The third kappa shape index (κ3) is 4.88. The number of carbonyl (C=O) groups excluding carboxylic acids is 2. The van der Waals surface area contributed by atoms with Crippen molar-refractivity contribution in [3.05, 3.63) is 22.5 Å². The van der Waals surface area contributed by atoms with Crippen LogP contribution in [0.5, 0.6) is 0 Å². The van der Waals surface area contributed by atoms with Crippen molar-refractivity contribution in [3.8, 4) is 0 Å². The number of aromatic nitrogens is 2. The van der Waals surface area contributed by atoms with Crippen LogP contribution < -0.4 is 21.9 Å². The normalized spacial score (nSPS) is 12.0. The maximum absolute atomic E-state index is 11.5. The average Bonchev–Trinajstić information content (AvgIpc) is 2.37. The number of hydrogen-bond donors (Lipinski definition) is 4. The third-order valence-corrected chi connectivity index (χ3v) is 2.39. The Bertz CT molecular complexity index is 491. The van der Waals surface area contributed by atoms with Gasteiger partial charge in [-0.3, -0.25) is 14.4 Å². The molecule has 0 fully saturated rings. The van der Waals surface area contributed by atoms with Gasteiger partial charge in [0.25, 0.3) is 5.56 Å². The summed E-state index contributed by atoms with van der Waals surface area (Å²) in [6.07, 6.45) is 0. The number of carbonyl (C=O) groups is 2. The van der Waals surface area contributed by atoms with E-state index in [1.807, 2.05) is 13.8 Å². The maximum Gasteiger partial charge on any atom is 0.264 e. The minimum absolute atomic E-state index is 0.0103. The largest absolute Gasteiger partial charge is 0.346 e. The summed E-state index contributed by atoms with van der Waals surface area (Å²) in [7, 11) is 0. The Labute approximate surface area is 109 Å². The van der Waals surface area contributed by atoms with E-state index >= 15 is 0 Å². The number of nitrogens with two attached hydrogens (primary N) is 1. The zero-order valence-electron chi connectivity index (χ0n) is 10.8. The first-order valence-electron chi connectivity index (χ1n) is 5.79. The smallest absolute Gasteiger partial charge is 0.264 e. The first-order chi connectivity index (χ1) is 8.90. The summed E-state index contributed by atoms with van der Waals surface area (Å²) in [5.41, 5.74) is 5.25. The van der Waals surface area contributed by atoms with Crippen molar-refractivity contribution in [1.82, 2.24) is 15.5 Å². The van der Waals surface area contributed by atoms with Gasteiger partial charge in [0.1, 0.15) is 0 Å². The molecule has 0 aromatic carbocycles. The lowest BCUT2D eigenvalue weighted by Crippen LogP contribution is -2.46. The van der Waals surface area contributed by atoms with Gasteiger partial charge in [0.2, 0.25) is 11.8 Å². The van der Waals surface area contributed by atoms with E-state index in [0.717, 1.165) is 0 Å². The van der Waals surface area contributed by atoms with Gasteiger partial charge in [-0.2, -0.15) is 5.10 Å². The molecular formula is C11H17N5O3. The monoisotopic (exact) mass is 267 g/mol. The van der Waals surface area contributed by atoms with E-state index in [9.17, 15) is 14.4 Å². The number of hydrogen-bond acceptors (Lipinski definition) is 5. The quantitative estimate of drug-likeness (QED) is 0.533. The average molecular weight is 267 g/mol. The van der Waals surface area contributed by atoms with Crippen molar-refractivity contribution >= 4 is 17.6 Å². The van der Waals surface area contributed by atoms with Crippen LogP contribution in [0.15, 0.2) is 16.9 Å². The highest BCUT2D eigenvalue weighted by atomic mass is 16.2. The van der Waals surface area contributed by atoms with E-state index < -0.39 is 11.9 Å². The van der Waals surface area contributed by atoms with Gasteiger partial charge >= 0.3 is 0 Å². The minimum atomic E-state index is -0.654. The number of nitrogens with zero attached hydrogens (tertiary/aromatic N) is 1. The van der Waals surface area contributed by atoms with Crippen LogP contribution in [0.4, 0.5) is 5.82 Å². The molecule has 1 heterocycles. The molecule has 1 aromatic heterocycles. The number of rotatable bonds is 5. The molecule has 0 bridgehead atoms. The molecule has 8 nitrogen and oxygen atoms in total. The zero-order valence-corrected chi connectivity index (χ0v) is 10.8. The summed E-state index contributed by atoms with van der Waals surface area (Å²) >= 11 is 0. The Morgan fingerprint density at radius 2 is 2.11 bits per heavy atom. The molecule has 0 aliphatic heterocycles. The zero-order chi connectivity index (χ0) is 14.4. The Kier molecular flexibility index (Phi) is 5.19. The van der Waals surface area contributed by atoms with E-state index in [-0.39, 0.29) is 29.7 Å². The highest BCUT2D eigenvalue weighted by Gasteiger charge is 2.17. The molecule has 1 aromatic rings. The fourth-order valence-corrected chi connectivity index (χ4v) is 1.19. The summed E-state index contributed by atoms with van der Waals surface area (Å²) in [5.74, 6) is -0.653. The van der Waals surface area contributed by atoms with E-state index in [1.165, 1.54) is 12.1 Å². The van der Waals surface area contributed by atoms with Crippen molar-refractivity contribution in [2.24, 2.45) is 11.7 Å². The predicted molar refractivity (Wildman–Crippen MR) is 69.3 cm³/mol. The summed E-state index contributed by atoms with van der Waals surface area (Å²) in [6, 6.07) is 1.94. The summed E-state index contributed by atoms with van der Waals surface area (Å²) in [4.78, 5) is 33.8. The SMILES string of the molecule is CC(C)[C@H](N)C(=O)NCC(=O)Nc1ccc(=O)[nH]n1. The lowest BCUT2D eigenvalue weighted by molar-refractivity contribution is -0.125. The predicted octanol–water partition coefficient (Wildman–Crippen LogP) is -1.19. The molecule has 1 atom stereocenters. The van der Waals surface area contributed by atoms with Gasteiger partial charge in [0, 0.05) is 6.07 Å². The molecule has 1 rings (SSSR count). The van der Waals surface area contributed by atoms with Crippen LogP contribution in [0.2, 0.25) is 0 Å². The Balaban J connectivity index is 2.42. The molecule has 0 radical (unpaired) electrons. The van der Waals surface area contributed by atoms with E-state index in [0.29, 0.717) is 0 Å². The van der Waals surface area contributed by atoms with E-state index in [2.05, 4.69) is 20.8 Å². The standard InChI is InChI=1S/C11H17N5O3/c1-6(2)10(12)11(19)13-5-9(18)14-7-3-4-8(17)16-15-7/h3-4,6,10H,5,12H2,1-2H3,(H,13,19)(H,16,17)(H,14,15,18)/t10-/m0/s1. The lowest BCUT2D eigenvalue weighted by atomic mass is 10.1. The molecule has 104 valence electrons. The second-order valence-corrected chi connectivity index (χ2v) is 4.34. The second kappa shape index (κ2) is 6.64. The molecule has 0 saturated heterocycles. The van der Waals surface area contributed by atoms with E-state index in [1.54, 1.807) is 0 Å². The second-order valence-electron chi connectivity index (χ2n) is 4.34. The molecule has 0 saturated carbocycles. The van der Waals surface area contributed by atoms with Gasteiger partial charge in [-0.1, -0.05) is 13.8 Å². The maximum atomic E-state index is 11.5. The molecule has 2 amide bonds. The molecule has 0 aliphatic carbocycles. The molecule has 0 aliphatic rings. The summed E-state index contributed by atoms with van der Waals surface area (Å²) in [5, 5.41) is 10.6. The van der Waals surface area contributed by atoms with Crippen LogP contribution in [0.1, 0.15) is 13.8 Å². The van der Waals surface area contributed by atoms with Gasteiger partial charge in [-0.15, -0.1) is 0 Å². The molecule has 5 N–H and O–H groups in total. The Hall–Kier alpha value is -2.22. The number of amides is 2. The minimum Gasteiger partial charge on any atom is -0.346 e. The number of H-pyrrole nitrogens is 1. The van der Waals surface area contributed by atoms with Crippen molar-refractivity contribution in [1.29, 1.82) is 0 Å². The summed E-state index contributed by atoms with van der Waals surface area (Å²) < 4.78 is 0. The van der Waals surface area contributed by atoms with Crippen molar-refractivity contribution in [3.63, 3.8) is 0 Å². The van der Waals surface area contributed by atoms with E-state index in [4.69, 9.17) is 5.73 Å². The van der Waals surface area contributed by atoms with Crippen LogP contribution in [0.3, 0.4) is 0 Å². The number of aromatic amines is 1. The first-order valence-corrected chi connectivity index (χ1v) is 5.79.